The highest BCUT2D eigenvalue weighted by atomic mass is 16.5. The molecule has 0 radical (unpaired) electrons. The maximum Gasteiger partial charge on any atom is 0.337 e. The number of amides is 2. The molecule has 2 heterocycles. The molecule has 0 N–H and O–H groups in total. The fraction of sp³-hybridized carbons (Fsp3) is 0.0800. The Hall–Kier alpha value is -4.19. The number of ether oxygens (including phenoxy) is 1. The Morgan fingerprint density at radius 1 is 0.806 bits per heavy atom. The Labute approximate surface area is 178 Å². The number of hydrogen-bond acceptors (Lipinski definition) is 4. The van der Waals surface area contributed by atoms with Gasteiger partial charge in [0.2, 0.25) is 0 Å². The second-order valence-electron chi connectivity index (χ2n) is 7.33. The quantitative estimate of drug-likeness (QED) is 0.370. The second-order valence-corrected chi connectivity index (χ2v) is 7.33. The lowest BCUT2D eigenvalue weighted by molar-refractivity contribution is 0.0600. The molecule has 0 unspecified atom stereocenters. The summed E-state index contributed by atoms with van der Waals surface area (Å²) in [4.78, 5) is 39.6. The van der Waals surface area contributed by atoms with E-state index in [4.69, 9.17) is 4.74 Å². The van der Waals surface area contributed by atoms with E-state index >= 15 is 0 Å². The van der Waals surface area contributed by atoms with E-state index in [1.807, 2.05) is 35.9 Å². The van der Waals surface area contributed by atoms with Gasteiger partial charge in [0.15, 0.2) is 0 Å². The minimum Gasteiger partial charge on any atom is -0.465 e. The van der Waals surface area contributed by atoms with Crippen molar-refractivity contribution in [3.63, 3.8) is 0 Å². The summed E-state index contributed by atoms with van der Waals surface area (Å²) < 4.78 is 6.74. The molecular formula is C25H18N2O4. The van der Waals surface area contributed by atoms with Gasteiger partial charge in [-0.3, -0.25) is 9.59 Å². The van der Waals surface area contributed by atoms with Gasteiger partial charge in [0.25, 0.3) is 11.8 Å². The van der Waals surface area contributed by atoms with Crippen LogP contribution >= 0.6 is 0 Å². The van der Waals surface area contributed by atoms with Gasteiger partial charge in [0.05, 0.1) is 40.7 Å². The molecule has 0 atom stereocenters. The first kappa shape index (κ1) is 18.8. The van der Waals surface area contributed by atoms with Crippen LogP contribution in [0.3, 0.4) is 0 Å². The van der Waals surface area contributed by atoms with Crippen molar-refractivity contribution in [1.29, 1.82) is 0 Å². The van der Waals surface area contributed by atoms with Crippen LogP contribution < -0.4 is 4.90 Å². The van der Waals surface area contributed by atoms with Gasteiger partial charge in [-0.25, -0.2) is 9.69 Å². The second kappa shape index (κ2) is 6.95. The third-order valence-electron chi connectivity index (χ3n) is 5.68. The predicted octanol–water partition coefficient (Wildman–Crippen LogP) is 4.43. The molecule has 6 nitrogen and oxygen atoms in total. The molecule has 0 spiro atoms. The van der Waals surface area contributed by atoms with Crippen LogP contribution in [0.1, 0.15) is 31.1 Å². The third kappa shape index (κ3) is 2.69. The van der Waals surface area contributed by atoms with Crippen LogP contribution in [0.2, 0.25) is 0 Å². The predicted molar refractivity (Wildman–Crippen MR) is 117 cm³/mol. The molecule has 152 valence electrons. The zero-order valence-electron chi connectivity index (χ0n) is 17.0. The van der Waals surface area contributed by atoms with Crippen molar-refractivity contribution in [3.05, 3.63) is 89.5 Å². The van der Waals surface area contributed by atoms with E-state index in [1.54, 1.807) is 48.5 Å². The molecule has 0 saturated heterocycles. The Morgan fingerprint density at radius 3 is 2.00 bits per heavy atom. The first-order valence-electron chi connectivity index (χ1n) is 9.77. The number of aromatic nitrogens is 1. The lowest BCUT2D eigenvalue weighted by atomic mass is 10.1. The fourth-order valence-corrected chi connectivity index (χ4v) is 4.20. The van der Waals surface area contributed by atoms with Crippen molar-refractivity contribution in [2.75, 3.05) is 12.0 Å². The van der Waals surface area contributed by atoms with E-state index in [1.165, 1.54) is 12.0 Å². The Bertz CT molecular complexity index is 1350. The van der Waals surface area contributed by atoms with Crippen molar-refractivity contribution in [2.24, 2.45) is 7.05 Å². The van der Waals surface area contributed by atoms with Gasteiger partial charge in [-0.05, 0) is 30.3 Å². The summed E-state index contributed by atoms with van der Waals surface area (Å²) in [5.74, 6) is -1.11. The van der Waals surface area contributed by atoms with Crippen molar-refractivity contribution in [3.8, 4) is 11.3 Å². The standard InChI is InChI=1S/C25H18N2O4/c1-26-20-10-6-5-9-19(20)22(21(26)15-11-13-16(14-12-15)25(30)31-2)27-23(28)17-7-3-4-8-18(17)24(27)29/h3-14H,1-2H3. The molecule has 2 amide bonds. The maximum absolute atomic E-state index is 13.3. The molecule has 5 rings (SSSR count). The van der Waals surface area contributed by atoms with Crippen LogP contribution in [-0.4, -0.2) is 29.5 Å². The number of benzene rings is 3. The molecular weight excluding hydrogens is 392 g/mol. The number of carbonyl (C=O) groups is 3. The van der Waals surface area contributed by atoms with Gasteiger partial charge in [-0.2, -0.15) is 0 Å². The number of methoxy groups -OCH3 is 1. The Morgan fingerprint density at radius 2 is 1.39 bits per heavy atom. The summed E-state index contributed by atoms with van der Waals surface area (Å²) >= 11 is 0. The van der Waals surface area contributed by atoms with Crippen molar-refractivity contribution in [2.45, 2.75) is 0 Å². The van der Waals surface area contributed by atoms with Crippen LogP contribution in [-0.2, 0) is 11.8 Å². The average Bonchev–Trinajstić information content (AvgIpc) is 3.24. The van der Waals surface area contributed by atoms with E-state index in [0.717, 1.165) is 16.5 Å². The molecule has 0 fully saturated rings. The number of esters is 1. The van der Waals surface area contributed by atoms with Gasteiger partial charge >= 0.3 is 5.97 Å². The van der Waals surface area contributed by atoms with E-state index in [2.05, 4.69) is 0 Å². The van der Waals surface area contributed by atoms with E-state index in [9.17, 15) is 14.4 Å². The zero-order chi connectivity index (χ0) is 21.7. The van der Waals surface area contributed by atoms with Crippen LogP contribution in [0, 0.1) is 0 Å². The van der Waals surface area contributed by atoms with Crippen molar-refractivity contribution in [1.82, 2.24) is 4.57 Å². The smallest absolute Gasteiger partial charge is 0.337 e. The molecule has 0 bridgehead atoms. The molecule has 1 aliphatic rings. The number of hydrogen-bond donors (Lipinski definition) is 0. The molecule has 6 heteroatoms. The SMILES string of the molecule is COC(=O)c1ccc(-c2c(N3C(=O)c4ccccc4C3=O)c3ccccc3n2C)cc1. The number of para-hydroxylation sites is 1. The van der Waals surface area contributed by atoms with Gasteiger partial charge in [-0.15, -0.1) is 0 Å². The summed E-state index contributed by atoms with van der Waals surface area (Å²) in [6, 6.07) is 21.4. The van der Waals surface area contributed by atoms with Gasteiger partial charge in [-0.1, -0.05) is 42.5 Å². The van der Waals surface area contributed by atoms with Crippen LogP contribution in [0.25, 0.3) is 22.2 Å². The third-order valence-corrected chi connectivity index (χ3v) is 5.68. The largest absolute Gasteiger partial charge is 0.465 e. The average molecular weight is 410 g/mol. The lowest BCUT2D eigenvalue weighted by Gasteiger charge is -2.17. The molecule has 1 aromatic heterocycles. The highest BCUT2D eigenvalue weighted by molar-refractivity contribution is 6.37. The Kier molecular flexibility index (Phi) is 4.22. The molecule has 31 heavy (non-hydrogen) atoms. The minimum atomic E-state index is -0.427. The zero-order valence-corrected chi connectivity index (χ0v) is 17.0. The van der Waals surface area contributed by atoms with E-state index in [0.29, 0.717) is 28.1 Å². The van der Waals surface area contributed by atoms with Gasteiger partial charge in [0, 0.05) is 18.0 Å². The summed E-state index contributed by atoms with van der Waals surface area (Å²) in [5.41, 5.74) is 4.13. The fourth-order valence-electron chi connectivity index (χ4n) is 4.20. The molecule has 4 aromatic rings. The number of imide groups is 1. The van der Waals surface area contributed by atoms with Gasteiger partial charge < -0.3 is 9.30 Å². The first-order chi connectivity index (χ1) is 15.0. The normalized spacial score (nSPS) is 13.0. The molecule has 3 aromatic carbocycles. The van der Waals surface area contributed by atoms with Crippen molar-refractivity contribution < 1.29 is 19.1 Å². The number of nitrogens with zero attached hydrogens (tertiary/aromatic N) is 2. The summed E-state index contributed by atoms with van der Waals surface area (Å²) in [6.07, 6.45) is 0. The number of aryl methyl sites for hydroxylation is 1. The topological polar surface area (TPSA) is 68.6 Å². The molecule has 0 aliphatic carbocycles. The Balaban J connectivity index is 1.75. The number of carbonyl (C=O) groups excluding carboxylic acids is 3. The number of anilines is 1. The molecule has 0 saturated carbocycles. The lowest BCUT2D eigenvalue weighted by Crippen LogP contribution is -2.29. The first-order valence-corrected chi connectivity index (χ1v) is 9.77. The van der Waals surface area contributed by atoms with Crippen LogP contribution in [0.5, 0.6) is 0 Å². The highest BCUT2D eigenvalue weighted by Crippen LogP contribution is 2.43. The van der Waals surface area contributed by atoms with Gasteiger partial charge in [0.1, 0.15) is 0 Å². The number of rotatable bonds is 3. The maximum atomic E-state index is 13.3. The molecule has 1 aliphatic heterocycles. The van der Waals surface area contributed by atoms with E-state index < -0.39 is 5.97 Å². The van der Waals surface area contributed by atoms with Crippen molar-refractivity contribution >= 4 is 34.4 Å². The number of fused-ring (bicyclic) bond motifs is 2. The summed E-state index contributed by atoms with van der Waals surface area (Å²) in [7, 11) is 3.23. The summed E-state index contributed by atoms with van der Waals surface area (Å²) in [6.45, 7) is 0. The monoisotopic (exact) mass is 410 g/mol. The van der Waals surface area contributed by atoms with Crippen LogP contribution in [0.15, 0.2) is 72.8 Å². The minimum absolute atomic E-state index is 0.343. The highest BCUT2D eigenvalue weighted by Gasteiger charge is 2.39. The summed E-state index contributed by atoms with van der Waals surface area (Å²) in [5, 5.41) is 0.798. The van der Waals surface area contributed by atoms with E-state index in [-0.39, 0.29) is 11.8 Å². The van der Waals surface area contributed by atoms with Crippen LogP contribution in [0.4, 0.5) is 5.69 Å².